The average Bonchev–Trinajstić information content (AvgIpc) is 2.28. The number of rotatable bonds is 3. The van der Waals surface area contributed by atoms with Gasteiger partial charge in [-0.25, -0.2) is 0 Å². The van der Waals surface area contributed by atoms with Gasteiger partial charge in [0.1, 0.15) is 0 Å². The third-order valence-corrected chi connectivity index (χ3v) is 2.62. The van der Waals surface area contributed by atoms with Crippen LogP contribution in [0.1, 0.15) is 38.5 Å². The van der Waals surface area contributed by atoms with E-state index in [-0.39, 0.29) is 0 Å². The molecule has 1 fully saturated rings. The van der Waals surface area contributed by atoms with Crippen molar-refractivity contribution in [1.29, 1.82) is 0 Å². The van der Waals surface area contributed by atoms with Gasteiger partial charge in [0.25, 0.3) is 0 Å². The van der Waals surface area contributed by atoms with Crippen LogP contribution in [-0.4, -0.2) is 18.5 Å². The molecule has 0 bridgehead atoms. The first-order valence-corrected chi connectivity index (χ1v) is 5.26. The van der Waals surface area contributed by atoms with Crippen molar-refractivity contribution < 1.29 is 0 Å². The van der Waals surface area contributed by atoms with Crippen molar-refractivity contribution in [3.8, 4) is 0 Å². The van der Waals surface area contributed by atoms with Crippen LogP contribution in [0, 0.1) is 0 Å². The van der Waals surface area contributed by atoms with Gasteiger partial charge < -0.3 is 5.32 Å². The van der Waals surface area contributed by atoms with Gasteiger partial charge in [0, 0.05) is 11.9 Å². The summed E-state index contributed by atoms with van der Waals surface area (Å²) in [5.41, 5.74) is 0. The maximum absolute atomic E-state index is 5.63. The van der Waals surface area contributed by atoms with Crippen LogP contribution in [0.15, 0.2) is 0 Å². The molecular weight excluding hydrogens is 158 g/mol. The summed E-state index contributed by atoms with van der Waals surface area (Å²) in [6, 6.07) is 0.760. The largest absolute Gasteiger partial charge is 0.314 e. The molecule has 0 aromatic carbocycles. The third-order valence-electron chi connectivity index (χ3n) is 2.35. The fourth-order valence-corrected chi connectivity index (χ4v) is 1.83. The van der Waals surface area contributed by atoms with Crippen LogP contribution < -0.4 is 5.32 Å². The predicted octanol–water partition coefficient (Wildman–Crippen LogP) is 2.54. The van der Waals surface area contributed by atoms with Crippen LogP contribution in [0.3, 0.4) is 0 Å². The molecule has 1 rings (SSSR count). The highest BCUT2D eigenvalue weighted by molar-refractivity contribution is 6.17. The summed E-state index contributed by atoms with van der Waals surface area (Å²) >= 11 is 5.63. The lowest BCUT2D eigenvalue weighted by atomic mass is 10.1. The number of halogens is 1. The van der Waals surface area contributed by atoms with E-state index in [0.717, 1.165) is 11.9 Å². The lowest BCUT2D eigenvalue weighted by Crippen LogP contribution is -2.27. The van der Waals surface area contributed by atoms with Crippen LogP contribution in [0.2, 0.25) is 0 Å². The summed E-state index contributed by atoms with van der Waals surface area (Å²) in [7, 11) is 0. The second kappa shape index (κ2) is 5.84. The summed E-state index contributed by atoms with van der Waals surface area (Å²) in [6.07, 6.45) is 7.96. The van der Waals surface area contributed by atoms with Gasteiger partial charge in [-0.2, -0.15) is 0 Å². The smallest absolute Gasteiger partial charge is 0.0224 e. The molecular formula is C9H18ClN. The lowest BCUT2D eigenvalue weighted by molar-refractivity contribution is 0.474. The van der Waals surface area contributed by atoms with E-state index in [2.05, 4.69) is 5.32 Å². The molecule has 0 spiro atoms. The molecule has 1 aliphatic heterocycles. The first-order chi connectivity index (χ1) is 5.43. The Kier molecular flexibility index (Phi) is 4.96. The van der Waals surface area contributed by atoms with Crippen molar-refractivity contribution in [2.45, 2.75) is 44.6 Å². The average molecular weight is 176 g/mol. The summed E-state index contributed by atoms with van der Waals surface area (Å²) in [5, 5.41) is 3.56. The molecule has 0 aromatic heterocycles. The van der Waals surface area contributed by atoms with Crippen molar-refractivity contribution in [1.82, 2.24) is 5.32 Å². The molecule has 1 atom stereocenters. The Hall–Kier alpha value is 0.250. The molecule has 1 N–H and O–H groups in total. The van der Waals surface area contributed by atoms with Crippen LogP contribution in [-0.2, 0) is 0 Å². The summed E-state index contributed by atoms with van der Waals surface area (Å²) in [6.45, 7) is 1.22. The third kappa shape index (κ3) is 3.97. The maximum atomic E-state index is 5.63. The molecule has 11 heavy (non-hydrogen) atoms. The highest BCUT2D eigenvalue weighted by Gasteiger charge is 2.09. The molecule has 1 saturated heterocycles. The van der Waals surface area contributed by atoms with E-state index in [0.29, 0.717) is 0 Å². The zero-order valence-corrected chi connectivity index (χ0v) is 7.87. The second-order valence-corrected chi connectivity index (χ2v) is 3.71. The highest BCUT2D eigenvalue weighted by atomic mass is 35.5. The molecule has 0 saturated carbocycles. The molecule has 1 aliphatic rings. The van der Waals surface area contributed by atoms with Crippen LogP contribution in [0.4, 0.5) is 0 Å². The molecule has 0 amide bonds. The van der Waals surface area contributed by atoms with E-state index in [1.165, 1.54) is 45.1 Å². The Labute approximate surface area is 74.5 Å². The van der Waals surface area contributed by atoms with Gasteiger partial charge in [-0.3, -0.25) is 0 Å². The Balaban J connectivity index is 2.09. The second-order valence-electron chi connectivity index (χ2n) is 3.33. The van der Waals surface area contributed by atoms with Gasteiger partial charge >= 0.3 is 0 Å². The van der Waals surface area contributed by atoms with Crippen molar-refractivity contribution >= 4 is 11.6 Å². The SMILES string of the molecule is ClCCCC1CCCCCN1. The van der Waals surface area contributed by atoms with Gasteiger partial charge in [-0.1, -0.05) is 12.8 Å². The minimum Gasteiger partial charge on any atom is -0.314 e. The fourth-order valence-electron chi connectivity index (χ4n) is 1.67. The molecule has 66 valence electrons. The fraction of sp³-hybridized carbons (Fsp3) is 1.00. The van der Waals surface area contributed by atoms with Gasteiger partial charge in [0.15, 0.2) is 0 Å². The van der Waals surface area contributed by atoms with Crippen LogP contribution >= 0.6 is 11.6 Å². The molecule has 1 nitrogen and oxygen atoms in total. The minimum absolute atomic E-state index is 0.760. The molecule has 2 heteroatoms. The molecule has 1 heterocycles. The molecule has 1 unspecified atom stereocenters. The van der Waals surface area contributed by atoms with E-state index >= 15 is 0 Å². The number of hydrogen-bond donors (Lipinski definition) is 1. The topological polar surface area (TPSA) is 12.0 Å². The number of nitrogens with one attached hydrogen (secondary N) is 1. The van der Waals surface area contributed by atoms with Crippen molar-refractivity contribution in [2.24, 2.45) is 0 Å². The Morgan fingerprint density at radius 2 is 2.18 bits per heavy atom. The first-order valence-electron chi connectivity index (χ1n) is 4.73. The standard InChI is InChI=1S/C9H18ClN/c10-7-4-6-9-5-2-1-3-8-11-9/h9,11H,1-8H2. The van der Waals surface area contributed by atoms with Gasteiger partial charge in [0.05, 0.1) is 0 Å². The van der Waals surface area contributed by atoms with Crippen molar-refractivity contribution in [2.75, 3.05) is 12.4 Å². The highest BCUT2D eigenvalue weighted by Crippen LogP contribution is 2.12. The van der Waals surface area contributed by atoms with Crippen molar-refractivity contribution in [3.05, 3.63) is 0 Å². The van der Waals surface area contributed by atoms with Crippen LogP contribution in [0.5, 0.6) is 0 Å². The van der Waals surface area contributed by atoms with Gasteiger partial charge in [-0.05, 0) is 32.2 Å². The summed E-state index contributed by atoms with van der Waals surface area (Å²) < 4.78 is 0. The quantitative estimate of drug-likeness (QED) is 0.651. The number of hydrogen-bond acceptors (Lipinski definition) is 1. The maximum Gasteiger partial charge on any atom is 0.0224 e. The Morgan fingerprint density at radius 3 is 3.00 bits per heavy atom. The van der Waals surface area contributed by atoms with E-state index in [4.69, 9.17) is 11.6 Å². The molecule has 0 radical (unpaired) electrons. The van der Waals surface area contributed by atoms with E-state index < -0.39 is 0 Å². The normalized spacial score (nSPS) is 26.5. The Morgan fingerprint density at radius 1 is 1.27 bits per heavy atom. The molecule has 0 aromatic rings. The van der Waals surface area contributed by atoms with E-state index in [1.54, 1.807) is 0 Å². The lowest BCUT2D eigenvalue weighted by Gasteiger charge is -2.13. The van der Waals surface area contributed by atoms with Crippen LogP contribution in [0.25, 0.3) is 0 Å². The predicted molar refractivity (Wildman–Crippen MR) is 50.2 cm³/mol. The van der Waals surface area contributed by atoms with Crippen molar-refractivity contribution in [3.63, 3.8) is 0 Å². The number of alkyl halides is 1. The minimum atomic E-state index is 0.760. The first kappa shape index (κ1) is 9.34. The van der Waals surface area contributed by atoms with Gasteiger partial charge in [0.2, 0.25) is 0 Å². The van der Waals surface area contributed by atoms with E-state index in [9.17, 15) is 0 Å². The zero-order chi connectivity index (χ0) is 7.94. The monoisotopic (exact) mass is 175 g/mol. The molecule has 0 aliphatic carbocycles. The van der Waals surface area contributed by atoms with Gasteiger partial charge in [-0.15, -0.1) is 11.6 Å². The Bertz CT molecular complexity index is 87.6. The zero-order valence-electron chi connectivity index (χ0n) is 7.11. The summed E-state index contributed by atoms with van der Waals surface area (Å²) in [5.74, 6) is 0.818. The summed E-state index contributed by atoms with van der Waals surface area (Å²) in [4.78, 5) is 0. The van der Waals surface area contributed by atoms with E-state index in [1.807, 2.05) is 0 Å².